The van der Waals surface area contributed by atoms with Crippen LogP contribution in [-0.4, -0.2) is 12.6 Å². The fourth-order valence-electron chi connectivity index (χ4n) is 14.7. The van der Waals surface area contributed by atoms with E-state index in [4.69, 9.17) is 0 Å². The molecule has 3 heteroatoms. The van der Waals surface area contributed by atoms with E-state index in [9.17, 15) is 0 Å². The molecule has 1 nitrogen and oxygen atoms in total. The molecule has 0 amide bonds. The number of allylic oxidation sites excluding steroid dienone is 4. The van der Waals surface area contributed by atoms with E-state index in [1.54, 1.807) is 0 Å². The summed E-state index contributed by atoms with van der Waals surface area (Å²) in [5.74, 6) is 0.315. The van der Waals surface area contributed by atoms with Crippen LogP contribution in [0.3, 0.4) is 0 Å². The molecule has 2 aromatic heterocycles. The Labute approximate surface area is 505 Å². The quantitative estimate of drug-likeness (QED) is 0.0771. The maximum atomic E-state index is 2.56. The van der Waals surface area contributed by atoms with Gasteiger partial charge < -0.3 is 4.57 Å². The minimum absolute atomic E-state index is 0.254. The van der Waals surface area contributed by atoms with E-state index in [2.05, 4.69) is 327 Å². The molecule has 86 heavy (non-hydrogen) atoms. The maximum absolute atomic E-state index is 2.95. The van der Waals surface area contributed by atoms with Crippen molar-refractivity contribution < 1.29 is 0 Å². The summed E-state index contributed by atoms with van der Waals surface area (Å²) in [7, 11) is -2.95. The molecule has 3 unspecified atom stereocenters. The topological polar surface area (TPSA) is 4.93 Å². The SMILES string of the molecule is CC1C=CC=CC1[Si](c1ccccc1)(c1cccc(-n2c3ccccc3c3ccccc32)c1)c1cccc2c1sc1ccc(-c3ccc4c(-c5cccc(-c6ccc7cc(-c8ccc9ccccc9c8)ccc7c6)c5)cc5ccccc5c4c3)cc12. The van der Waals surface area contributed by atoms with Crippen molar-refractivity contribution in [3.05, 3.63) is 315 Å². The molecule has 0 aliphatic heterocycles. The molecule has 0 radical (unpaired) electrons. The third-order valence-corrected chi connectivity index (χ3v) is 25.7. The van der Waals surface area contributed by atoms with Gasteiger partial charge in [0.15, 0.2) is 8.07 Å². The van der Waals surface area contributed by atoms with Crippen molar-refractivity contribution in [1.29, 1.82) is 0 Å². The van der Waals surface area contributed by atoms with Gasteiger partial charge >= 0.3 is 0 Å². The number of para-hydroxylation sites is 2. The van der Waals surface area contributed by atoms with Crippen LogP contribution in [0.15, 0.2) is 315 Å². The number of nitrogens with zero attached hydrogens (tertiary/aromatic N) is 1. The third kappa shape index (κ3) is 8.11. The lowest BCUT2D eigenvalue weighted by Crippen LogP contribution is -2.70. The summed E-state index contributed by atoms with van der Waals surface area (Å²) in [4.78, 5) is 0. The molecule has 0 saturated carbocycles. The van der Waals surface area contributed by atoms with Gasteiger partial charge in [-0.25, -0.2) is 0 Å². The van der Waals surface area contributed by atoms with Crippen molar-refractivity contribution in [2.75, 3.05) is 0 Å². The van der Waals surface area contributed by atoms with Gasteiger partial charge in [0, 0.05) is 36.6 Å². The van der Waals surface area contributed by atoms with Crippen LogP contribution in [0.1, 0.15) is 6.92 Å². The molecule has 0 bridgehead atoms. The van der Waals surface area contributed by atoms with E-state index in [1.165, 1.54) is 151 Å². The summed E-state index contributed by atoms with van der Waals surface area (Å²) in [6, 6.07) is 110. The molecule has 404 valence electrons. The highest BCUT2D eigenvalue weighted by Crippen LogP contribution is 2.44. The van der Waals surface area contributed by atoms with Crippen LogP contribution < -0.4 is 15.6 Å². The lowest BCUT2D eigenvalue weighted by molar-refractivity contribution is 0.720. The lowest BCUT2D eigenvalue weighted by atomic mass is 9.89. The maximum Gasteiger partial charge on any atom is 0.157 e. The molecule has 0 fully saturated rings. The highest BCUT2D eigenvalue weighted by molar-refractivity contribution is 7.29. The zero-order valence-corrected chi connectivity index (χ0v) is 49.3. The molecule has 16 aromatic rings. The number of rotatable bonds is 9. The number of benzene rings is 14. The average Bonchev–Trinajstić information content (AvgIpc) is 1.31. The standard InChI is InChI=1S/C83H57NSSi/c1-54-18-5-14-34-81(54)86(68-25-3-2-4-26-68,69-27-16-24-67(53-69)84-78-32-12-10-29-72(78)73-30-11-13-33-79(73)84)82-35-17-31-74-77-51-64(43-45-80(77)85-83(74)82)63-42-44-71-75(52-66-21-8-9-28-70(66)76(71)50-63)65-23-15-22-57(49-65)58-38-39-62-48-61(41-40-60(62)47-58)59-37-36-55-19-6-7-20-56(55)46-59/h2-54,81H,1H3. The Hall–Kier alpha value is -10.2. The summed E-state index contributed by atoms with van der Waals surface area (Å²) < 4.78 is 5.19. The molecule has 0 saturated heterocycles. The van der Waals surface area contributed by atoms with E-state index in [1.807, 2.05) is 11.3 Å². The van der Waals surface area contributed by atoms with Gasteiger partial charge in [-0.2, -0.15) is 0 Å². The minimum Gasteiger partial charge on any atom is -0.309 e. The van der Waals surface area contributed by atoms with Crippen LogP contribution in [0.5, 0.6) is 0 Å². The van der Waals surface area contributed by atoms with E-state index in [0.717, 1.165) is 0 Å². The van der Waals surface area contributed by atoms with Crippen molar-refractivity contribution in [3.63, 3.8) is 0 Å². The molecule has 1 aliphatic carbocycles. The minimum atomic E-state index is -2.95. The number of fused-ring (bicyclic) bond motifs is 11. The van der Waals surface area contributed by atoms with Crippen LogP contribution in [0.25, 0.3) is 135 Å². The summed E-state index contributed by atoms with van der Waals surface area (Å²) >= 11 is 1.97. The molecule has 0 N–H and O–H groups in total. The summed E-state index contributed by atoms with van der Waals surface area (Å²) in [6.07, 6.45) is 9.54. The second-order valence-electron chi connectivity index (χ2n) is 23.6. The van der Waals surface area contributed by atoms with Gasteiger partial charge in [0.1, 0.15) is 0 Å². The summed E-state index contributed by atoms with van der Waals surface area (Å²) in [5.41, 5.74) is 13.7. The summed E-state index contributed by atoms with van der Waals surface area (Å²) in [5, 5.41) is 19.5. The number of hydrogen-bond donors (Lipinski definition) is 0. The zero-order valence-electron chi connectivity index (χ0n) is 47.5. The molecule has 3 atom stereocenters. The van der Waals surface area contributed by atoms with Gasteiger partial charge in [0.05, 0.1) is 11.0 Å². The molecule has 17 rings (SSSR count). The van der Waals surface area contributed by atoms with E-state index in [0.29, 0.717) is 5.92 Å². The molecular weight excluding hydrogens is 1070 g/mol. The number of aromatic nitrogens is 1. The third-order valence-electron chi connectivity index (χ3n) is 18.8. The van der Waals surface area contributed by atoms with Crippen molar-refractivity contribution >= 4 is 120 Å². The van der Waals surface area contributed by atoms with Crippen LogP contribution >= 0.6 is 11.3 Å². The van der Waals surface area contributed by atoms with Crippen molar-refractivity contribution in [2.24, 2.45) is 5.92 Å². The first-order valence-corrected chi connectivity index (χ1v) is 33.0. The van der Waals surface area contributed by atoms with Crippen LogP contribution in [0.2, 0.25) is 5.54 Å². The molecule has 14 aromatic carbocycles. The Morgan fingerprint density at radius 3 is 1.60 bits per heavy atom. The number of thiophene rings is 1. The predicted octanol–water partition coefficient (Wildman–Crippen LogP) is 21.0. The number of hydrogen-bond acceptors (Lipinski definition) is 1. The average molecular weight is 1130 g/mol. The predicted molar refractivity (Wildman–Crippen MR) is 374 cm³/mol. The van der Waals surface area contributed by atoms with Crippen molar-refractivity contribution in [2.45, 2.75) is 12.5 Å². The highest BCUT2D eigenvalue weighted by Gasteiger charge is 2.49. The highest BCUT2D eigenvalue weighted by atomic mass is 32.1. The fourth-order valence-corrected chi connectivity index (χ4v) is 22.2. The Bertz CT molecular complexity index is 5410. The molecule has 2 heterocycles. The van der Waals surface area contributed by atoms with Crippen molar-refractivity contribution in [1.82, 2.24) is 4.57 Å². The summed E-state index contributed by atoms with van der Waals surface area (Å²) in [6.45, 7) is 2.44. The van der Waals surface area contributed by atoms with Crippen molar-refractivity contribution in [3.8, 4) is 50.2 Å². The second-order valence-corrected chi connectivity index (χ2v) is 28.6. The zero-order chi connectivity index (χ0) is 56.9. The monoisotopic (exact) mass is 1130 g/mol. The molecule has 0 spiro atoms. The second kappa shape index (κ2) is 20.3. The lowest BCUT2D eigenvalue weighted by Gasteiger charge is -2.42. The molecule has 1 aliphatic rings. The van der Waals surface area contributed by atoms with Gasteiger partial charge in [0.2, 0.25) is 0 Å². The Kier molecular flexibility index (Phi) is 11.9. The van der Waals surface area contributed by atoms with Gasteiger partial charge in [0.25, 0.3) is 0 Å². The normalized spacial score (nSPS) is 15.0. The largest absolute Gasteiger partial charge is 0.309 e. The smallest absolute Gasteiger partial charge is 0.157 e. The van der Waals surface area contributed by atoms with Gasteiger partial charge in [-0.05, 0) is 187 Å². The first kappa shape index (κ1) is 50.4. The Morgan fingerprint density at radius 2 is 0.860 bits per heavy atom. The van der Waals surface area contributed by atoms with Gasteiger partial charge in [-0.3, -0.25) is 0 Å². The van der Waals surface area contributed by atoms with E-state index < -0.39 is 8.07 Å². The van der Waals surface area contributed by atoms with Crippen LogP contribution in [-0.2, 0) is 0 Å². The fraction of sp³-hybridized carbons (Fsp3) is 0.0361. The van der Waals surface area contributed by atoms with E-state index in [-0.39, 0.29) is 5.54 Å². The van der Waals surface area contributed by atoms with Gasteiger partial charge in [-0.15, -0.1) is 11.3 Å². The molecular formula is C83H57NSSi. The Morgan fingerprint density at radius 1 is 0.326 bits per heavy atom. The first-order chi connectivity index (χ1) is 42.5. The van der Waals surface area contributed by atoms with E-state index >= 15 is 0 Å². The first-order valence-electron chi connectivity index (χ1n) is 30.1. The van der Waals surface area contributed by atoms with Crippen LogP contribution in [0, 0.1) is 5.92 Å². The van der Waals surface area contributed by atoms with Crippen LogP contribution in [0.4, 0.5) is 0 Å². The Balaban J connectivity index is 0.776. The van der Waals surface area contributed by atoms with Gasteiger partial charge in [-0.1, -0.05) is 250 Å².